The van der Waals surface area contributed by atoms with Crippen LogP contribution in [0.5, 0.6) is 5.75 Å². The van der Waals surface area contributed by atoms with Gasteiger partial charge in [0.25, 0.3) is 0 Å². The van der Waals surface area contributed by atoms with Crippen LogP contribution in [0.25, 0.3) is 0 Å². The molecule has 0 spiro atoms. The number of rotatable bonds is 8. The first-order valence-corrected chi connectivity index (χ1v) is 7.95. The van der Waals surface area contributed by atoms with Crippen LogP contribution in [0.3, 0.4) is 0 Å². The minimum Gasteiger partial charge on any atom is -0.496 e. The van der Waals surface area contributed by atoms with Crippen molar-refractivity contribution in [1.29, 1.82) is 0 Å². The summed E-state index contributed by atoms with van der Waals surface area (Å²) in [5, 5.41) is 3.61. The van der Waals surface area contributed by atoms with E-state index in [0.717, 1.165) is 30.9 Å². The number of hydrogen-bond donors (Lipinski definition) is 1. The number of likely N-dealkylation sites (N-methyl/N-ethyl adjacent to an activating group) is 1. The fourth-order valence-electron chi connectivity index (χ4n) is 2.92. The molecule has 0 saturated carbocycles. The van der Waals surface area contributed by atoms with Crippen molar-refractivity contribution in [3.05, 3.63) is 28.8 Å². The lowest BCUT2D eigenvalue weighted by Crippen LogP contribution is -2.44. The second-order valence-electron chi connectivity index (χ2n) is 5.77. The van der Waals surface area contributed by atoms with Crippen molar-refractivity contribution in [2.24, 2.45) is 0 Å². The molecule has 1 aromatic rings. The standard InChI is InChI=1S/C18H31NO2/c1-8-18(6,21-10-3)17(19-9-2)15-11-14(5)16(20-7)12-13(15)4/h11-12,17,19H,8-10H2,1-7H3. The molecule has 3 nitrogen and oxygen atoms in total. The number of aryl methyl sites for hydroxylation is 2. The van der Waals surface area contributed by atoms with Crippen LogP contribution >= 0.6 is 0 Å². The lowest BCUT2D eigenvalue weighted by molar-refractivity contribution is -0.0561. The van der Waals surface area contributed by atoms with E-state index in [-0.39, 0.29) is 11.6 Å². The van der Waals surface area contributed by atoms with Gasteiger partial charge in [-0.15, -0.1) is 0 Å². The zero-order valence-corrected chi connectivity index (χ0v) is 14.7. The predicted octanol–water partition coefficient (Wildman–Crippen LogP) is 4.17. The van der Waals surface area contributed by atoms with E-state index >= 15 is 0 Å². The van der Waals surface area contributed by atoms with Crippen LogP contribution < -0.4 is 10.1 Å². The maximum absolute atomic E-state index is 6.11. The predicted molar refractivity (Wildman–Crippen MR) is 89.2 cm³/mol. The summed E-state index contributed by atoms with van der Waals surface area (Å²) in [7, 11) is 1.72. The number of nitrogens with one attached hydrogen (secondary N) is 1. The minimum absolute atomic E-state index is 0.178. The molecule has 120 valence electrons. The van der Waals surface area contributed by atoms with Gasteiger partial charge >= 0.3 is 0 Å². The zero-order valence-electron chi connectivity index (χ0n) is 14.7. The quantitative estimate of drug-likeness (QED) is 0.780. The van der Waals surface area contributed by atoms with E-state index in [1.165, 1.54) is 11.1 Å². The molecular formula is C18H31NO2. The van der Waals surface area contributed by atoms with Crippen LogP contribution in [0.2, 0.25) is 0 Å². The van der Waals surface area contributed by atoms with Crippen molar-refractivity contribution in [1.82, 2.24) is 5.32 Å². The summed E-state index contributed by atoms with van der Waals surface area (Å²) < 4.78 is 11.5. The fraction of sp³-hybridized carbons (Fsp3) is 0.667. The van der Waals surface area contributed by atoms with Crippen LogP contribution in [-0.2, 0) is 4.74 Å². The van der Waals surface area contributed by atoms with E-state index in [0.29, 0.717) is 0 Å². The van der Waals surface area contributed by atoms with E-state index in [2.05, 4.69) is 59.0 Å². The zero-order chi connectivity index (χ0) is 16.0. The maximum Gasteiger partial charge on any atom is 0.122 e. The molecule has 2 unspecified atom stereocenters. The SMILES string of the molecule is CCNC(c1cc(C)c(OC)cc1C)C(C)(CC)OCC. The van der Waals surface area contributed by atoms with Crippen LogP contribution in [0.1, 0.15) is 56.8 Å². The molecule has 0 saturated heterocycles. The summed E-state index contributed by atoms with van der Waals surface area (Å²) >= 11 is 0. The molecule has 0 fully saturated rings. The van der Waals surface area contributed by atoms with Crippen molar-refractivity contribution >= 4 is 0 Å². The Balaban J connectivity index is 3.31. The molecule has 1 N–H and O–H groups in total. The van der Waals surface area contributed by atoms with Gasteiger partial charge in [0.05, 0.1) is 18.8 Å². The molecule has 0 heterocycles. The van der Waals surface area contributed by atoms with Gasteiger partial charge in [0.1, 0.15) is 5.75 Å². The van der Waals surface area contributed by atoms with E-state index in [1.807, 2.05) is 0 Å². The van der Waals surface area contributed by atoms with Crippen LogP contribution in [0, 0.1) is 13.8 Å². The third kappa shape index (κ3) is 3.98. The first kappa shape index (κ1) is 18.0. The topological polar surface area (TPSA) is 30.5 Å². The third-order valence-electron chi connectivity index (χ3n) is 4.29. The van der Waals surface area contributed by atoms with Gasteiger partial charge in [0, 0.05) is 6.61 Å². The molecule has 0 bridgehead atoms. The molecule has 21 heavy (non-hydrogen) atoms. The number of ether oxygens (including phenoxy) is 2. The Labute approximate surface area is 130 Å². The lowest BCUT2D eigenvalue weighted by atomic mass is 9.84. The molecule has 0 radical (unpaired) electrons. The molecule has 1 rings (SSSR count). The molecule has 1 aromatic carbocycles. The van der Waals surface area contributed by atoms with Crippen LogP contribution in [0.15, 0.2) is 12.1 Å². The Hall–Kier alpha value is -1.06. The molecule has 2 atom stereocenters. The highest BCUT2D eigenvalue weighted by atomic mass is 16.5. The van der Waals surface area contributed by atoms with E-state index in [4.69, 9.17) is 9.47 Å². The normalized spacial score (nSPS) is 15.6. The smallest absolute Gasteiger partial charge is 0.122 e. The Morgan fingerprint density at radius 2 is 1.81 bits per heavy atom. The summed E-state index contributed by atoms with van der Waals surface area (Å²) in [6.45, 7) is 14.5. The molecule has 0 aliphatic rings. The Kier molecular flexibility index (Phi) is 6.69. The molecule has 0 amide bonds. The molecule has 0 aliphatic carbocycles. The average molecular weight is 293 g/mol. The number of hydrogen-bond acceptors (Lipinski definition) is 3. The van der Waals surface area contributed by atoms with Gasteiger partial charge in [-0.2, -0.15) is 0 Å². The summed E-state index contributed by atoms with van der Waals surface area (Å²) in [6, 6.07) is 4.53. The van der Waals surface area contributed by atoms with E-state index < -0.39 is 0 Å². The third-order valence-corrected chi connectivity index (χ3v) is 4.29. The minimum atomic E-state index is -0.212. The summed E-state index contributed by atoms with van der Waals surface area (Å²) in [5.74, 6) is 0.945. The number of methoxy groups -OCH3 is 1. The highest BCUT2D eigenvalue weighted by molar-refractivity contribution is 5.43. The van der Waals surface area contributed by atoms with Gasteiger partial charge in [-0.25, -0.2) is 0 Å². The van der Waals surface area contributed by atoms with Crippen molar-refractivity contribution < 1.29 is 9.47 Å². The van der Waals surface area contributed by atoms with Crippen molar-refractivity contribution in [3.8, 4) is 5.75 Å². The Morgan fingerprint density at radius 3 is 2.29 bits per heavy atom. The van der Waals surface area contributed by atoms with Crippen molar-refractivity contribution in [2.45, 2.75) is 59.6 Å². The maximum atomic E-state index is 6.11. The highest BCUT2D eigenvalue weighted by Crippen LogP contribution is 2.36. The lowest BCUT2D eigenvalue weighted by Gasteiger charge is -2.38. The van der Waals surface area contributed by atoms with Gasteiger partial charge in [-0.05, 0) is 63.4 Å². The molecular weight excluding hydrogens is 262 g/mol. The van der Waals surface area contributed by atoms with Gasteiger partial charge in [0.2, 0.25) is 0 Å². The van der Waals surface area contributed by atoms with Gasteiger partial charge in [-0.1, -0.05) is 19.9 Å². The summed E-state index contributed by atoms with van der Waals surface area (Å²) in [6.07, 6.45) is 0.961. The monoisotopic (exact) mass is 293 g/mol. The first-order chi connectivity index (χ1) is 9.93. The van der Waals surface area contributed by atoms with E-state index in [9.17, 15) is 0 Å². The van der Waals surface area contributed by atoms with E-state index in [1.54, 1.807) is 7.11 Å². The van der Waals surface area contributed by atoms with Gasteiger partial charge in [-0.3, -0.25) is 0 Å². The van der Waals surface area contributed by atoms with Gasteiger partial charge in [0.15, 0.2) is 0 Å². The molecule has 0 aliphatic heterocycles. The number of benzene rings is 1. The second kappa shape index (κ2) is 7.81. The largest absolute Gasteiger partial charge is 0.496 e. The first-order valence-electron chi connectivity index (χ1n) is 7.95. The fourth-order valence-corrected chi connectivity index (χ4v) is 2.92. The second-order valence-corrected chi connectivity index (χ2v) is 5.77. The van der Waals surface area contributed by atoms with Crippen LogP contribution in [-0.4, -0.2) is 25.9 Å². The Bertz CT molecular complexity index is 459. The molecule has 3 heteroatoms. The summed E-state index contributed by atoms with van der Waals surface area (Å²) in [5.41, 5.74) is 3.49. The Morgan fingerprint density at radius 1 is 1.14 bits per heavy atom. The van der Waals surface area contributed by atoms with Crippen molar-refractivity contribution in [2.75, 3.05) is 20.3 Å². The van der Waals surface area contributed by atoms with Gasteiger partial charge < -0.3 is 14.8 Å². The average Bonchev–Trinajstić information content (AvgIpc) is 2.47. The highest BCUT2D eigenvalue weighted by Gasteiger charge is 2.35. The van der Waals surface area contributed by atoms with Crippen LogP contribution in [0.4, 0.5) is 0 Å². The van der Waals surface area contributed by atoms with Crippen molar-refractivity contribution in [3.63, 3.8) is 0 Å². The molecule has 0 aromatic heterocycles. The summed E-state index contributed by atoms with van der Waals surface area (Å²) in [4.78, 5) is 0.